The van der Waals surface area contributed by atoms with E-state index in [9.17, 15) is 9.59 Å². The molecule has 3 rings (SSSR count). The number of hydrogen-bond acceptors (Lipinski definition) is 4. The van der Waals surface area contributed by atoms with Gasteiger partial charge in [0.15, 0.2) is 0 Å². The molecule has 6 nitrogen and oxygen atoms in total. The number of benzene rings is 2. The fourth-order valence-electron chi connectivity index (χ4n) is 3.75. The maximum atomic E-state index is 13.0. The van der Waals surface area contributed by atoms with E-state index >= 15 is 0 Å². The highest BCUT2D eigenvalue weighted by molar-refractivity contribution is 5.95. The van der Waals surface area contributed by atoms with Gasteiger partial charge >= 0.3 is 12.0 Å². The van der Waals surface area contributed by atoms with Gasteiger partial charge in [0.25, 0.3) is 0 Å². The van der Waals surface area contributed by atoms with Crippen LogP contribution in [-0.2, 0) is 16.1 Å². The Morgan fingerprint density at radius 1 is 1.10 bits per heavy atom. The van der Waals surface area contributed by atoms with Gasteiger partial charge in [0.2, 0.25) is 0 Å². The van der Waals surface area contributed by atoms with Gasteiger partial charge in [-0.1, -0.05) is 54.6 Å². The Morgan fingerprint density at radius 2 is 1.77 bits per heavy atom. The van der Waals surface area contributed by atoms with Crippen molar-refractivity contribution < 1.29 is 14.3 Å². The molecule has 0 saturated heterocycles. The molecular formula is C24H29N3O3. The predicted molar refractivity (Wildman–Crippen MR) is 117 cm³/mol. The standard InChI is InChI=1S/C24H29N3O3/c1-5-30-23(28)21-20(16-26(3)15-18-12-7-6-8-13-18)27(4)24(29)25-22(21)19-14-10-9-11-17(19)2/h6-14,22H,5,15-16H2,1-4H3,(H,25,29). The minimum absolute atomic E-state index is 0.237. The molecule has 2 amide bonds. The maximum Gasteiger partial charge on any atom is 0.338 e. The second kappa shape index (κ2) is 9.59. The zero-order chi connectivity index (χ0) is 21.7. The lowest BCUT2D eigenvalue weighted by Crippen LogP contribution is -2.49. The van der Waals surface area contributed by atoms with Crippen molar-refractivity contribution >= 4 is 12.0 Å². The number of aryl methyl sites for hydroxylation is 1. The van der Waals surface area contributed by atoms with Gasteiger partial charge < -0.3 is 10.1 Å². The quantitative estimate of drug-likeness (QED) is 0.712. The van der Waals surface area contributed by atoms with E-state index in [1.807, 2.05) is 56.4 Å². The van der Waals surface area contributed by atoms with Crippen LogP contribution in [0.4, 0.5) is 4.79 Å². The zero-order valence-corrected chi connectivity index (χ0v) is 18.0. The van der Waals surface area contributed by atoms with Crippen LogP contribution >= 0.6 is 0 Å². The number of carbonyl (C=O) groups excluding carboxylic acids is 2. The Bertz CT molecular complexity index is 940. The number of carbonyl (C=O) groups is 2. The summed E-state index contributed by atoms with van der Waals surface area (Å²) in [7, 11) is 3.67. The third-order valence-electron chi connectivity index (χ3n) is 5.29. The van der Waals surface area contributed by atoms with Gasteiger partial charge in [0, 0.05) is 25.8 Å². The molecule has 1 unspecified atom stereocenters. The molecule has 1 N–H and O–H groups in total. The highest BCUT2D eigenvalue weighted by Crippen LogP contribution is 2.32. The summed E-state index contributed by atoms with van der Waals surface area (Å²) >= 11 is 0. The van der Waals surface area contributed by atoms with Gasteiger partial charge in [-0.3, -0.25) is 9.80 Å². The summed E-state index contributed by atoms with van der Waals surface area (Å²) in [6.45, 7) is 5.17. The number of hydrogen-bond donors (Lipinski definition) is 1. The predicted octanol–water partition coefficient (Wildman–Crippen LogP) is 3.64. The summed E-state index contributed by atoms with van der Waals surface area (Å²) in [6.07, 6.45) is 0. The van der Waals surface area contributed by atoms with Crippen molar-refractivity contribution in [1.29, 1.82) is 0 Å². The van der Waals surface area contributed by atoms with E-state index in [0.717, 1.165) is 16.7 Å². The molecule has 0 fully saturated rings. The molecule has 0 saturated carbocycles. The number of nitrogens with one attached hydrogen (secondary N) is 1. The molecule has 0 aromatic heterocycles. The van der Waals surface area contributed by atoms with Crippen LogP contribution in [-0.4, -0.2) is 49.0 Å². The number of likely N-dealkylation sites (N-methyl/N-ethyl adjacent to an activating group) is 2. The Balaban J connectivity index is 2.02. The first-order valence-corrected chi connectivity index (χ1v) is 10.1. The molecule has 0 radical (unpaired) electrons. The first kappa shape index (κ1) is 21.6. The van der Waals surface area contributed by atoms with E-state index in [0.29, 0.717) is 24.4 Å². The molecule has 158 valence electrons. The van der Waals surface area contributed by atoms with Crippen LogP contribution in [0.5, 0.6) is 0 Å². The van der Waals surface area contributed by atoms with Gasteiger partial charge in [-0.05, 0) is 37.6 Å². The minimum Gasteiger partial charge on any atom is -0.463 e. The van der Waals surface area contributed by atoms with Gasteiger partial charge in [0.1, 0.15) is 0 Å². The van der Waals surface area contributed by atoms with E-state index in [-0.39, 0.29) is 12.6 Å². The molecule has 0 bridgehead atoms. The largest absolute Gasteiger partial charge is 0.463 e. The summed E-state index contributed by atoms with van der Waals surface area (Å²) in [6, 6.07) is 17.1. The molecule has 1 aliphatic heterocycles. The number of esters is 1. The van der Waals surface area contributed by atoms with Gasteiger partial charge in [-0.25, -0.2) is 9.59 Å². The van der Waals surface area contributed by atoms with Crippen LogP contribution in [0.2, 0.25) is 0 Å². The maximum absolute atomic E-state index is 13.0. The highest BCUT2D eigenvalue weighted by Gasteiger charge is 2.37. The number of nitrogens with zero attached hydrogens (tertiary/aromatic N) is 2. The summed E-state index contributed by atoms with van der Waals surface area (Å²) in [5.74, 6) is -0.402. The van der Waals surface area contributed by atoms with E-state index in [4.69, 9.17) is 4.74 Å². The van der Waals surface area contributed by atoms with Crippen LogP contribution in [0.1, 0.15) is 29.7 Å². The monoisotopic (exact) mass is 407 g/mol. The first-order valence-electron chi connectivity index (χ1n) is 10.1. The van der Waals surface area contributed by atoms with Crippen LogP contribution in [0.25, 0.3) is 0 Å². The van der Waals surface area contributed by atoms with Crippen molar-refractivity contribution in [3.63, 3.8) is 0 Å². The molecule has 0 spiro atoms. The average Bonchev–Trinajstić information content (AvgIpc) is 2.72. The number of ether oxygens (including phenoxy) is 1. The number of urea groups is 1. The van der Waals surface area contributed by atoms with Crippen molar-refractivity contribution in [2.24, 2.45) is 0 Å². The van der Waals surface area contributed by atoms with Gasteiger partial charge in [0.05, 0.1) is 18.2 Å². The van der Waals surface area contributed by atoms with Crippen LogP contribution in [0.3, 0.4) is 0 Å². The average molecular weight is 408 g/mol. The van der Waals surface area contributed by atoms with Gasteiger partial charge in [-0.2, -0.15) is 0 Å². The van der Waals surface area contributed by atoms with E-state index < -0.39 is 12.0 Å². The Labute approximate surface area is 178 Å². The fourth-order valence-corrected chi connectivity index (χ4v) is 3.75. The Kier molecular flexibility index (Phi) is 6.90. The Hall–Kier alpha value is -3.12. The van der Waals surface area contributed by atoms with Crippen LogP contribution in [0.15, 0.2) is 65.9 Å². The molecule has 1 atom stereocenters. The van der Waals surface area contributed by atoms with E-state index in [1.165, 1.54) is 4.90 Å². The second-order valence-corrected chi connectivity index (χ2v) is 7.54. The number of amides is 2. The fraction of sp³-hybridized carbons (Fsp3) is 0.333. The summed E-state index contributed by atoms with van der Waals surface area (Å²) < 4.78 is 5.39. The zero-order valence-electron chi connectivity index (χ0n) is 18.0. The lowest BCUT2D eigenvalue weighted by atomic mass is 9.91. The van der Waals surface area contributed by atoms with Gasteiger partial charge in [-0.15, -0.1) is 0 Å². The second-order valence-electron chi connectivity index (χ2n) is 7.54. The van der Waals surface area contributed by atoms with Crippen LogP contribution < -0.4 is 5.32 Å². The summed E-state index contributed by atoms with van der Waals surface area (Å²) in [5.41, 5.74) is 4.20. The molecule has 30 heavy (non-hydrogen) atoms. The third-order valence-corrected chi connectivity index (χ3v) is 5.29. The number of rotatable bonds is 7. The smallest absolute Gasteiger partial charge is 0.338 e. The van der Waals surface area contributed by atoms with Crippen molar-refractivity contribution in [1.82, 2.24) is 15.1 Å². The van der Waals surface area contributed by atoms with Crippen molar-refractivity contribution in [2.75, 3.05) is 27.2 Å². The Morgan fingerprint density at radius 3 is 2.43 bits per heavy atom. The molecule has 1 aliphatic rings. The molecule has 6 heteroatoms. The van der Waals surface area contributed by atoms with Crippen molar-refractivity contribution in [3.8, 4) is 0 Å². The van der Waals surface area contributed by atoms with Crippen molar-refractivity contribution in [3.05, 3.63) is 82.6 Å². The van der Waals surface area contributed by atoms with Crippen LogP contribution in [0, 0.1) is 6.92 Å². The molecule has 0 aliphatic carbocycles. The lowest BCUT2D eigenvalue weighted by molar-refractivity contribution is -0.139. The summed E-state index contributed by atoms with van der Waals surface area (Å²) in [4.78, 5) is 29.4. The first-order chi connectivity index (χ1) is 14.4. The SMILES string of the molecule is CCOC(=O)C1=C(CN(C)Cc2ccccc2)N(C)C(=O)NC1c1ccccc1C. The summed E-state index contributed by atoms with van der Waals surface area (Å²) in [5, 5.41) is 2.98. The van der Waals surface area contributed by atoms with Crippen molar-refractivity contribution in [2.45, 2.75) is 26.4 Å². The normalized spacial score (nSPS) is 16.6. The lowest BCUT2D eigenvalue weighted by Gasteiger charge is -2.36. The molecular weight excluding hydrogens is 378 g/mol. The molecule has 2 aromatic carbocycles. The van der Waals surface area contributed by atoms with E-state index in [1.54, 1.807) is 14.0 Å². The van der Waals surface area contributed by atoms with E-state index in [2.05, 4.69) is 22.3 Å². The highest BCUT2D eigenvalue weighted by atomic mass is 16.5. The molecule has 1 heterocycles. The third kappa shape index (κ3) is 4.71. The minimum atomic E-state index is -0.547. The topological polar surface area (TPSA) is 61.9 Å². The molecule has 2 aromatic rings.